The SMILES string of the molecule is Cc1cc(OC(=O)C(F)(F)F)cc(=O)o1. The van der Waals surface area contributed by atoms with E-state index in [1.54, 1.807) is 0 Å². The van der Waals surface area contributed by atoms with Crippen LogP contribution < -0.4 is 10.4 Å². The zero-order valence-electron chi connectivity index (χ0n) is 7.42. The van der Waals surface area contributed by atoms with Crippen molar-refractivity contribution in [3.05, 3.63) is 28.3 Å². The van der Waals surface area contributed by atoms with Gasteiger partial charge in [0.05, 0.1) is 6.07 Å². The molecule has 1 aromatic heterocycles. The summed E-state index contributed by atoms with van der Waals surface area (Å²) in [6.45, 7) is 1.34. The molecular weight excluding hydrogens is 217 g/mol. The van der Waals surface area contributed by atoms with E-state index in [2.05, 4.69) is 9.15 Å². The van der Waals surface area contributed by atoms with Gasteiger partial charge in [0.25, 0.3) is 0 Å². The number of halogens is 3. The number of hydrogen-bond acceptors (Lipinski definition) is 4. The molecule has 82 valence electrons. The van der Waals surface area contributed by atoms with Crippen molar-refractivity contribution in [2.45, 2.75) is 13.1 Å². The van der Waals surface area contributed by atoms with Gasteiger partial charge >= 0.3 is 17.8 Å². The fourth-order valence-electron chi connectivity index (χ4n) is 0.800. The maximum Gasteiger partial charge on any atom is 0.491 e. The molecule has 0 aliphatic heterocycles. The molecule has 0 bridgehead atoms. The quantitative estimate of drug-likeness (QED) is 0.674. The number of hydrogen-bond donors (Lipinski definition) is 0. The molecule has 4 nitrogen and oxygen atoms in total. The van der Waals surface area contributed by atoms with E-state index in [9.17, 15) is 22.8 Å². The second-order valence-electron chi connectivity index (χ2n) is 2.61. The Morgan fingerprint density at radius 2 is 2.00 bits per heavy atom. The summed E-state index contributed by atoms with van der Waals surface area (Å²) in [4.78, 5) is 21.1. The molecule has 0 atom stereocenters. The summed E-state index contributed by atoms with van der Waals surface area (Å²) in [5.74, 6) is -2.83. The van der Waals surface area contributed by atoms with Gasteiger partial charge in [0, 0.05) is 6.07 Å². The Morgan fingerprint density at radius 1 is 1.40 bits per heavy atom. The fourth-order valence-corrected chi connectivity index (χ4v) is 0.800. The van der Waals surface area contributed by atoms with Gasteiger partial charge in [-0.15, -0.1) is 0 Å². The lowest BCUT2D eigenvalue weighted by Crippen LogP contribution is -2.28. The number of carbonyl (C=O) groups is 1. The lowest BCUT2D eigenvalue weighted by atomic mass is 10.4. The van der Waals surface area contributed by atoms with E-state index in [0.29, 0.717) is 6.07 Å². The Labute approximate surface area is 81.3 Å². The van der Waals surface area contributed by atoms with Crippen LogP contribution in [0.5, 0.6) is 5.75 Å². The van der Waals surface area contributed by atoms with Crippen LogP contribution in [0.2, 0.25) is 0 Å². The molecule has 0 fully saturated rings. The van der Waals surface area contributed by atoms with E-state index in [0.717, 1.165) is 6.07 Å². The maximum absolute atomic E-state index is 11.8. The maximum atomic E-state index is 11.8. The van der Waals surface area contributed by atoms with Gasteiger partial charge in [0.2, 0.25) is 0 Å². The lowest BCUT2D eigenvalue weighted by molar-refractivity contribution is -0.189. The van der Waals surface area contributed by atoms with E-state index in [-0.39, 0.29) is 5.76 Å². The summed E-state index contributed by atoms with van der Waals surface area (Å²) in [5.41, 5.74) is -0.889. The number of alkyl halides is 3. The van der Waals surface area contributed by atoms with Gasteiger partial charge < -0.3 is 9.15 Å². The highest BCUT2D eigenvalue weighted by molar-refractivity contribution is 5.78. The topological polar surface area (TPSA) is 56.5 Å². The number of ether oxygens (including phenoxy) is 1. The van der Waals surface area contributed by atoms with Crippen molar-refractivity contribution < 1.29 is 27.1 Å². The Hall–Kier alpha value is -1.79. The van der Waals surface area contributed by atoms with Crippen molar-refractivity contribution in [1.82, 2.24) is 0 Å². The standard InChI is InChI=1S/C8H5F3O4/c1-4-2-5(3-6(12)14-4)15-7(13)8(9,10)11/h2-3H,1H3. The van der Waals surface area contributed by atoms with E-state index < -0.39 is 23.5 Å². The molecule has 0 aliphatic carbocycles. The third kappa shape index (κ3) is 3.12. The molecule has 1 heterocycles. The Balaban J connectivity index is 2.91. The smallest absolute Gasteiger partial charge is 0.428 e. The number of esters is 1. The number of carbonyl (C=O) groups excluding carboxylic acids is 1. The Bertz CT molecular complexity index is 432. The summed E-state index contributed by atoms with van der Waals surface area (Å²) in [6, 6.07) is 1.65. The predicted molar refractivity (Wildman–Crippen MR) is 41.4 cm³/mol. The predicted octanol–water partition coefficient (Wildman–Crippen LogP) is 1.42. The molecule has 0 saturated carbocycles. The van der Waals surface area contributed by atoms with Crippen LogP contribution in [0.1, 0.15) is 5.76 Å². The third-order valence-electron chi connectivity index (χ3n) is 1.31. The molecule has 1 aromatic rings. The zero-order chi connectivity index (χ0) is 11.6. The van der Waals surface area contributed by atoms with Crippen LogP contribution in [-0.4, -0.2) is 12.1 Å². The number of rotatable bonds is 1. The van der Waals surface area contributed by atoms with E-state index in [1.807, 2.05) is 0 Å². The van der Waals surface area contributed by atoms with Gasteiger partial charge in [-0.3, -0.25) is 0 Å². The van der Waals surface area contributed by atoms with Gasteiger partial charge in [0.15, 0.2) is 0 Å². The van der Waals surface area contributed by atoms with Crippen LogP contribution in [0, 0.1) is 6.92 Å². The molecule has 7 heteroatoms. The first-order valence-corrected chi connectivity index (χ1v) is 3.70. The van der Waals surface area contributed by atoms with Crippen molar-refractivity contribution >= 4 is 5.97 Å². The highest BCUT2D eigenvalue weighted by Gasteiger charge is 2.41. The van der Waals surface area contributed by atoms with Gasteiger partial charge in [-0.25, -0.2) is 9.59 Å². The monoisotopic (exact) mass is 222 g/mol. The van der Waals surface area contributed by atoms with E-state index in [1.165, 1.54) is 6.92 Å². The van der Waals surface area contributed by atoms with E-state index in [4.69, 9.17) is 0 Å². The zero-order valence-corrected chi connectivity index (χ0v) is 7.42. The summed E-state index contributed by atoms with van der Waals surface area (Å²) < 4.78 is 43.7. The molecule has 0 aliphatic rings. The van der Waals surface area contributed by atoms with E-state index >= 15 is 0 Å². The molecule has 0 unspecified atom stereocenters. The van der Waals surface area contributed by atoms with Gasteiger partial charge in [-0.05, 0) is 6.92 Å². The largest absolute Gasteiger partial charge is 0.491 e. The van der Waals surface area contributed by atoms with Crippen molar-refractivity contribution in [2.75, 3.05) is 0 Å². The Morgan fingerprint density at radius 3 is 2.47 bits per heavy atom. The normalized spacial score (nSPS) is 11.2. The second kappa shape index (κ2) is 3.76. The first-order valence-electron chi connectivity index (χ1n) is 3.70. The Kier molecular flexibility index (Phi) is 2.83. The molecule has 0 saturated heterocycles. The first-order chi connectivity index (χ1) is 6.79. The highest BCUT2D eigenvalue weighted by Crippen LogP contribution is 2.19. The number of aryl methyl sites for hydroxylation is 1. The summed E-state index contributed by atoms with van der Waals surface area (Å²) in [7, 11) is 0. The van der Waals surface area contributed by atoms with Crippen LogP contribution in [0.4, 0.5) is 13.2 Å². The molecule has 15 heavy (non-hydrogen) atoms. The van der Waals surface area contributed by atoms with Gasteiger partial charge in [0.1, 0.15) is 11.5 Å². The minimum Gasteiger partial charge on any atom is -0.428 e. The first kappa shape index (κ1) is 11.3. The van der Waals surface area contributed by atoms with Crippen LogP contribution in [0.3, 0.4) is 0 Å². The van der Waals surface area contributed by atoms with Gasteiger partial charge in [-0.2, -0.15) is 13.2 Å². The molecular formula is C8H5F3O4. The van der Waals surface area contributed by atoms with Crippen LogP contribution in [0.15, 0.2) is 21.3 Å². The second-order valence-corrected chi connectivity index (χ2v) is 2.61. The summed E-state index contributed by atoms with van der Waals surface area (Å²) in [5, 5.41) is 0. The summed E-state index contributed by atoms with van der Waals surface area (Å²) in [6.07, 6.45) is -5.09. The van der Waals surface area contributed by atoms with Crippen molar-refractivity contribution in [2.24, 2.45) is 0 Å². The molecule has 1 rings (SSSR count). The lowest BCUT2D eigenvalue weighted by Gasteiger charge is -2.06. The fraction of sp³-hybridized carbons (Fsp3) is 0.250. The van der Waals surface area contributed by atoms with Crippen molar-refractivity contribution in [3.8, 4) is 5.75 Å². The van der Waals surface area contributed by atoms with Crippen molar-refractivity contribution in [3.63, 3.8) is 0 Å². The van der Waals surface area contributed by atoms with Gasteiger partial charge in [-0.1, -0.05) is 0 Å². The molecule has 0 spiro atoms. The molecule has 0 aromatic carbocycles. The summed E-state index contributed by atoms with van der Waals surface area (Å²) >= 11 is 0. The van der Waals surface area contributed by atoms with Crippen molar-refractivity contribution in [1.29, 1.82) is 0 Å². The van der Waals surface area contributed by atoms with Crippen LogP contribution in [0.25, 0.3) is 0 Å². The minimum atomic E-state index is -5.09. The average Bonchev–Trinajstić information content (AvgIpc) is 1.99. The average molecular weight is 222 g/mol. The minimum absolute atomic E-state index is 0.0486. The highest BCUT2D eigenvalue weighted by atomic mass is 19.4. The van der Waals surface area contributed by atoms with Crippen LogP contribution in [-0.2, 0) is 4.79 Å². The van der Waals surface area contributed by atoms with Crippen LogP contribution >= 0.6 is 0 Å². The molecule has 0 N–H and O–H groups in total. The molecule has 0 radical (unpaired) electrons. The third-order valence-corrected chi connectivity index (χ3v) is 1.31. The molecule has 0 amide bonds.